The predicted molar refractivity (Wildman–Crippen MR) is 167 cm³/mol. The van der Waals surface area contributed by atoms with E-state index in [0.717, 1.165) is 86.3 Å². The third-order valence-electron chi connectivity index (χ3n) is 8.77. The number of hydrogen-bond acceptors (Lipinski definition) is 9. The monoisotopic (exact) mass is 606 g/mol. The maximum atomic E-state index is 13.0. The fourth-order valence-electron chi connectivity index (χ4n) is 6.36. The first kappa shape index (κ1) is 29.9. The number of nitrogens with zero attached hydrogens (tertiary/aromatic N) is 3. The molecule has 4 aliphatic heterocycles. The fourth-order valence-corrected chi connectivity index (χ4v) is 7.92. The number of ether oxygens (including phenoxy) is 2. The van der Waals surface area contributed by atoms with Crippen LogP contribution in [0.2, 0.25) is 0 Å². The van der Waals surface area contributed by atoms with Gasteiger partial charge in [-0.05, 0) is 86.8 Å². The molecule has 0 bridgehead atoms. The number of hydrogen-bond donors (Lipinski definition) is 3. The first-order valence-corrected chi connectivity index (χ1v) is 16.6. The quantitative estimate of drug-likeness (QED) is 0.410. The number of rotatable bonds is 7. The summed E-state index contributed by atoms with van der Waals surface area (Å²) in [5.41, 5.74) is 1.42. The Balaban J connectivity index is 1.04. The highest BCUT2D eigenvalue weighted by atomic mass is 32.2. The molecule has 230 valence electrons. The van der Waals surface area contributed by atoms with Crippen LogP contribution in [0, 0.1) is 0 Å². The molecule has 2 saturated heterocycles. The van der Waals surface area contributed by atoms with Crippen molar-refractivity contribution in [3.8, 4) is 5.75 Å². The Labute approximate surface area is 256 Å². The summed E-state index contributed by atoms with van der Waals surface area (Å²) in [5.74, 6) is 2.11. The molecule has 43 heavy (non-hydrogen) atoms. The molecule has 1 aromatic heterocycles. The summed E-state index contributed by atoms with van der Waals surface area (Å²) in [4.78, 5) is 25.2. The summed E-state index contributed by atoms with van der Waals surface area (Å²) in [6.07, 6.45) is 7.87. The van der Waals surface area contributed by atoms with Crippen molar-refractivity contribution in [3.05, 3.63) is 70.5 Å². The zero-order chi connectivity index (χ0) is 30.0. The van der Waals surface area contributed by atoms with E-state index in [0.29, 0.717) is 17.4 Å². The van der Waals surface area contributed by atoms with E-state index in [9.17, 15) is 9.35 Å². The fraction of sp³-hybridized carbons (Fsp3) is 0.531. The SMILES string of the molecule is CC1(NC2CCOCC2)NC(N2CCC(Oc3ccc(C(=O)NC(C)(C)c4ccncc4)cc3)CC2)=NC2=C1[S+]([O-])CC2. The van der Waals surface area contributed by atoms with Crippen LogP contribution in [0.15, 0.2) is 64.4 Å². The van der Waals surface area contributed by atoms with Gasteiger partial charge in [-0.3, -0.25) is 15.1 Å². The Kier molecular flexibility index (Phi) is 8.68. The van der Waals surface area contributed by atoms with Crippen LogP contribution in [0.5, 0.6) is 5.75 Å². The van der Waals surface area contributed by atoms with Gasteiger partial charge >= 0.3 is 0 Å². The van der Waals surface area contributed by atoms with Crippen molar-refractivity contribution in [3.63, 3.8) is 0 Å². The Morgan fingerprint density at radius 1 is 1.12 bits per heavy atom. The van der Waals surface area contributed by atoms with Crippen LogP contribution >= 0.6 is 0 Å². The summed E-state index contributed by atoms with van der Waals surface area (Å²) in [6, 6.07) is 11.5. The molecule has 5 heterocycles. The van der Waals surface area contributed by atoms with Crippen LogP contribution in [-0.2, 0) is 21.5 Å². The van der Waals surface area contributed by atoms with E-state index < -0.39 is 22.4 Å². The van der Waals surface area contributed by atoms with Gasteiger partial charge in [0.2, 0.25) is 5.96 Å². The molecular weight excluding hydrogens is 564 g/mol. The molecule has 2 unspecified atom stereocenters. The molecule has 3 N–H and O–H groups in total. The van der Waals surface area contributed by atoms with Gasteiger partial charge in [0.15, 0.2) is 10.6 Å². The maximum Gasteiger partial charge on any atom is 0.251 e. The highest BCUT2D eigenvalue weighted by Crippen LogP contribution is 2.37. The summed E-state index contributed by atoms with van der Waals surface area (Å²) in [5, 5.41) is 10.5. The van der Waals surface area contributed by atoms with Crippen molar-refractivity contribution >= 4 is 23.0 Å². The molecule has 0 spiro atoms. The second kappa shape index (κ2) is 12.5. The number of amides is 1. The summed E-state index contributed by atoms with van der Waals surface area (Å²) >= 11 is -1.03. The first-order chi connectivity index (χ1) is 20.7. The Morgan fingerprint density at radius 2 is 1.81 bits per heavy atom. The smallest absolute Gasteiger partial charge is 0.251 e. The maximum absolute atomic E-state index is 13.0. The van der Waals surface area contributed by atoms with Crippen LogP contribution < -0.4 is 20.7 Å². The molecule has 1 amide bonds. The minimum absolute atomic E-state index is 0.0752. The number of carbonyl (C=O) groups is 1. The highest BCUT2D eigenvalue weighted by Gasteiger charge is 2.48. The normalized spacial score (nSPS) is 25.2. The molecule has 6 rings (SSSR count). The lowest BCUT2D eigenvalue weighted by Gasteiger charge is -2.43. The van der Waals surface area contributed by atoms with E-state index in [2.05, 4.69) is 32.8 Å². The molecular formula is C32H42N6O4S. The first-order valence-electron chi connectivity index (χ1n) is 15.3. The number of guanidine groups is 1. The van der Waals surface area contributed by atoms with Gasteiger partial charge < -0.3 is 29.6 Å². The Morgan fingerprint density at radius 3 is 2.51 bits per heavy atom. The van der Waals surface area contributed by atoms with Crippen LogP contribution in [0.3, 0.4) is 0 Å². The lowest BCUT2D eigenvalue weighted by Crippen LogP contribution is -2.66. The van der Waals surface area contributed by atoms with Crippen molar-refractivity contribution in [2.24, 2.45) is 4.99 Å². The predicted octanol–water partition coefficient (Wildman–Crippen LogP) is 3.40. The minimum Gasteiger partial charge on any atom is -0.612 e. The van der Waals surface area contributed by atoms with Crippen LogP contribution in [0.4, 0.5) is 0 Å². The third kappa shape index (κ3) is 6.69. The second-order valence-corrected chi connectivity index (χ2v) is 13.9. The van der Waals surface area contributed by atoms with Crippen molar-refractivity contribution < 1.29 is 18.8 Å². The molecule has 0 radical (unpaired) electrons. The number of aliphatic imine (C=N–C) groups is 1. The highest BCUT2D eigenvalue weighted by molar-refractivity contribution is 7.95. The van der Waals surface area contributed by atoms with E-state index >= 15 is 0 Å². The topological polar surface area (TPSA) is 123 Å². The summed E-state index contributed by atoms with van der Waals surface area (Å²) in [6.45, 7) is 9.17. The van der Waals surface area contributed by atoms with Gasteiger partial charge in [-0.25, -0.2) is 4.99 Å². The number of piperidine rings is 1. The summed E-state index contributed by atoms with van der Waals surface area (Å²) < 4.78 is 24.8. The number of pyridine rings is 1. The van der Waals surface area contributed by atoms with Gasteiger partial charge in [0, 0.05) is 69.6 Å². The molecule has 10 nitrogen and oxygen atoms in total. The van der Waals surface area contributed by atoms with Crippen molar-refractivity contribution in [2.75, 3.05) is 32.1 Å². The molecule has 1 aromatic carbocycles. The van der Waals surface area contributed by atoms with Gasteiger partial charge in [-0.2, -0.15) is 0 Å². The number of allylic oxidation sites excluding steroid dienone is 1. The minimum atomic E-state index is -1.03. The molecule has 4 aliphatic rings. The van der Waals surface area contributed by atoms with Crippen molar-refractivity contribution in [1.29, 1.82) is 0 Å². The van der Waals surface area contributed by atoms with E-state index in [1.165, 1.54) is 0 Å². The standard InChI is InChI=1S/C32H42N6O4S/c1-31(2,23-8-15-33-16-9-23)36-29(39)22-4-6-25(7-5-22)42-26-10-17-38(18-11-26)30-34-27-14-21-43(40)28(27)32(3,37-30)35-24-12-19-41-20-13-24/h4-9,15-16,24,26,35H,10-14,17-21H2,1-3H3,(H,34,37)(H,36,39). The van der Waals surface area contributed by atoms with E-state index in [-0.39, 0.29) is 12.0 Å². The van der Waals surface area contributed by atoms with Crippen molar-refractivity contribution in [2.45, 2.75) is 76.2 Å². The second-order valence-electron chi connectivity index (χ2n) is 12.4. The third-order valence-corrected chi connectivity index (χ3v) is 10.4. The number of nitrogens with one attached hydrogen (secondary N) is 3. The Bertz CT molecular complexity index is 1350. The Hall–Kier alpha value is -3.12. The molecule has 0 saturated carbocycles. The summed E-state index contributed by atoms with van der Waals surface area (Å²) in [7, 11) is 0. The van der Waals surface area contributed by atoms with Crippen LogP contribution in [0.25, 0.3) is 0 Å². The van der Waals surface area contributed by atoms with Crippen molar-refractivity contribution in [1.82, 2.24) is 25.8 Å². The van der Waals surface area contributed by atoms with Gasteiger partial charge in [0.25, 0.3) is 5.91 Å². The number of carbonyl (C=O) groups excluding carboxylic acids is 1. The van der Waals surface area contributed by atoms with Gasteiger partial charge in [-0.1, -0.05) is 0 Å². The molecule has 2 aromatic rings. The molecule has 2 atom stereocenters. The lowest BCUT2D eigenvalue weighted by atomic mass is 9.95. The lowest BCUT2D eigenvalue weighted by molar-refractivity contribution is 0.0700. The average Bonchev–Trinajstić information content (AvgIpc) is 3.40. The van der Waals surface area contributed by atoms with Crippen LogP contribution in [-0.4, -0.2) is 76.2 Å². The number of benzene rings is 1. The molecule has 0 aliphatic carbocycles. The number of likely N-dealkylation sites (tertiary alicyclic amines) is 1. The van der Waals surface area contributed by atoms with Gasteiger partial charge in [-0.15, -0.1) is 0 Å². The average molecular weight is 607 g/mol. The van der Waals surface area contributed by atoms with E-state index in [1.54, 1.807) is 12.4 Å². The van der Waals surface area contributed by atoms with Gasteiger partial charge in [0.05, 0.1) is 5.54 Å². The molecule has 2 fully saturated rings. The van der Waals surface area contributed by atoms with Crippen LogP contribution in [0.1, 0.15) is 68.8 Å². The zero-order valence-corrected chi connectivity index (χ0v) is 26.0. The molecule has 11 heteroatoms. The zero-order valence-electron chi connectivity index (χ0n) is 25.2. The largest absolute Gasteiger partial charge is 0.612 e. The van der Waals surface area contributed by atoms with E-state index in [1.807, 2.05) is 50.2 Å². The number of aromatic nitrogens is 1. The van der Waals surface area contributed by atoms with Gasteiger partial charge in [0.1, 0.15) is 23.3 Å². The van der Waals surface area contributed by atoms with E-state index in [4.69, 9.17) is 14.5 Å².